The second-order valence-electron chi connectivity index (χ2n) is 5.38. The minimum Gasteiger partial charge on any atom is -0.330 e. The summed E-state index contributed by atoms with van der Waals surface area (Å²) in [7, 11) is 0. The van der Waals surface area contributed by atoms with Crippen molar-refractivity contribution >= 4 is 0 Å². The molecule has 100 valence electrons. The summed E-state index contributed by atoms with van der Waals surface area (Å²) in [6, 6.07) is 2.57. The van der Waals surface area contributed by atoms with Crippen molar-refractivity contribution in [2.45, 2.75) is 25.9 Å². The van der Waals surface area contributed by atoms with Crippen LogP contribution in [0.15, 0.2) is 18.2 Å². The first-order valence-corrected chi connectivity index (χ1v) is 5.76. The molecule has 0 aromatic heterocycles. The minimum atomic E-state index is -4.44. The lowest BCUT2D eigenvalue weighted by Crippen LogP contribution is -2.07. The number of alkyl halides is 3. The molecule has 0 amide bonds. The van der Waals surface area contributed by atoms with Crippen LogP contribution in [-0.4, -0.2) is 6.54 Å². The summed E-state index contributed by atoms with van der Waals surface area (Å²) in [6.07, 6.45) is -4.44. The topological polar surface area (TPSA) is 26.0 Å². The predicted molar refractivity (Wildman–Crippen MR) is 60.5 cm³/mol. The van der Waals surface area contributed by atoms with Crippen molar-refractivity contribution in [3.8, 4) is 0 Å². The van der Waals surface area contributed by atoms with E-state index in [1.807, 2.05) is 13.8 Å². The highest BCUT2D eigenvalue weighted by Gasteiger charge is 2.58. The van der Waals surface area contributed by atoms with Gasteiger partial charge in [0.05, 0.1) is 5.56 Å². The summed E-state index contributed by atoms with van der Waals surface area (Å²) in [5.74, 6) is -0.780. The first-order chi connectivity index (χ1) is 8.19. The maximum Gasteiger partial charge on any atom is 0.416 e. The van der Waals surface area contributed by atoms with E-state index < -0.39 is 17.6 Å². The average Bonchev–Trinajstić information content (AvgIpc) is 2.79. The average molecular weight is 261 g/mol. The SMILES string of the molecule is CC1(C)[C@@H](CN)[C@@H]1c1cc(C(F)(F)F)ccc1F. The van der Waals surface area contributed by atoms with Gasteiger partial charge in [-0.15, -0.1) is 0 Å². The zero-order chi connectivity index (χ0) is 13.7. The Morgan fingerprint density at radius 2 is 1.89 bits per heavy atom. The highest BCUT2D eigenvalue weighted by molar-refractivity contribution is 5.37. The molecule has 0 heterocycles. The van der Waals surface area contributed by atoms with Crippen LogP contribution in [0.25, 0.3) is 0 Å². The van der Waals surface area contributed by atoms with Crippen molar-refractivity contribution < 1.29 is 17.6 Å². The third kappa shape index (κ3) is 2.00. The molecule has 0 saturated heterocycles. The zero-order valence-electron chi connectivity index (χ0n) is 10.2. The molecular weight excluding hydrogens is 246 g/mol. The smallest absolute Gasteiger partial charge is 0.330 e. The number of benzene rings is 1. The molecule has 2 N–H and O–H groups in total. The van der Waals surface area contributed by atoms with Crippen LogP contribution in [0.3, 0.4) is 0 Å². The van der Waals surface area contributed by atoms with Crippen LogP contribution in [0.4, 0.5) is 17.6 Å². The molecule has 5 heteroatoms. The van der Waals surface area contributed by atoms with Gasteiger partial charge >= 0.3 is 6.18 Å². The summed E-state index contributed by atoms with van der Waals surface area (Å²) in [4.78, 5) is 0. The van der Waals surface area contributed by atoms with Crippen LogP contribution in [0.1, 0.15) is 30.9 Å². The van der Waals surface area contributed by atoms with Crippen LogP contribution >= 0.6 is 0 Å². The van der Waals surface area contributed by atoms with Crippen molar-refractivity contribution in [2.24, 2.45) is 17.1 Å². The van der Waals surface area contributed by atoms with Crippen molar-refractivity contribution in [1.82, 2.24) is 0 Å². The van der Waals surface area contributed by atoms with E-state index in [2.05, 4.69) is 0 Å². The number of hydrogen-bond donors (Lipinski definition) is 1. The highest BCUT2D eigenvalue weighted by atomic mass is 19.4. The molecule has 0 spiro atoms. The first-order valence-electron chi connectivity index (χ1n) is 5.76. The summed E-state index contributed by atoms with van der Waals surface area (Å²) < 4.78 is 51.5. The quantitative estimate of drug-likeness (QED) is 0.809. The molecule has 2 atom stereocenters. The fourth-order valence-electron chi connectivity index (χ4n) is 2.76. The Bertz CT molecular complexity index is 465. The normalized spacial score (nSPS) is 26.2. The van der Waals surface area contributed by atoms with E-state index in [1.165, 1.54) is 0 Å². The molecule has 1 fully saturated rings. The van der Waals surface area contributed by atoms with Gasteiger partial charge in [0.1, 0.15) is 5.82 Å². The lowest BCUT2D eigenvalue weighted by atomic mass is 10.0. The Morgan fingerprint density at radius 3 is 2.33 bits per heavy atom. The van der Waals surface area contributed by atoms with E-state index in [9.17, 15) is 17.6 Å². The van der Waals surface area contributed by atoms with Gasteiger partial charge in [0.2, 0.25) is 0 Å². The van der Waals surface area contributed by atoms with E-state index in [0.29, 0.717) is 6.54 Å². The Labute approximate surface area is 103 Å². The van der Waals surface area contributed by atoms with Gasteiger partial charge in [0.15, 0.2) is 0 Å². The van der Waals surface area contributed by atoms with Gasteiger partial charge in [0, 0.05) is 0 Å². The fraction of sp³-hybridized carbons (Fsp3) is 0.538. The van der Waals surface area contributed by atoms with E-state index in [1.54, 1.807) is 0 Å². The standard InChI is InChI=1S/C13H15F4N/c1-12(2)9(6-18)11(12)8-5-7(13(15,16)17)3-4-10(8)14/h3-5,9,11H,6,18H2,1-2H3/t9-,11-/m0/s1. The summed E-state index contributed by atoms with van der Waals surface area (Å²) in [5.41, 5.74) is 4.65. The van der Waals surface area contributed by atoms with Gasteiger partial charge in [-0.1, -0.05) is 13.8 Å². The van der Waals surface area contributed by atoms with E-state index in [0.717, 1.165) is 18.2 Å². The zero-order valence-corrected chi connectivity index (χ0v) is 10.2. The maximum absolute atomic E-state index is 13.7. The van der Waals surface area contributed by atoms with Crippen molar-refractivity contribution in [2.75, 3.05) is 6.54 Å². The Balaban J connectivity index is 2.41. The molecule has 18 heavy (non-hydrogen) atoms. The van der Waals surface area contributed by atoms with Crippen LogP contribution < -0.4 is 5.73 Å². The minimum absolute atomic E-state index is 0.0375. The number of halogens is 4. The molecule has 1 saturated carbocycles. The second-order valence-corrected chi connectivity index (χ2v) is 5.38. The third-order valence-electron chi connectivity index (χ3n) is 3.96. The summed E-state index contributed by atoms with van der Waals surface area (Å²) >= 11 is 0. The number of hydrogen-bond acceptors (Lipinski definition) is 1. The van der Waals surface area contributed by atoms with Crippen LogP contribution in [0, 0.1) is 17.2 Å². The Hall–Kier alpha value is -1.10. The molecule has 0 bridgehead atoms. The molecule has 1 nitrogen and oxygen atoms in total. The predicted octanol–water partition coefficient (Wildman–Crippen LogP) is 3.54. The lowest BCUT2D eigenvalue weighted by molar-refractivity contribution is -0.137. The maximum atomic E-state index is 13.7. The molecule has 0 unspecified atom stereocenters. The molecule has 1 aliphatic carbocycles. The van der Waals surface area contributed by atoms with Crippen LogP contribution in [-0.2, 0) is 6.18 Å². The number of rotatable bonds is 2. The van der Waals surface area contributed by atoms with Gasteiger partial charge in [-0.25, -0.2) is 4.39 Å². The largest absolute Gasteiger partial charge is 0.416 e. The van der Waals surface area contributed by atoms with E-state index >= 15 is 0 Å². The third-order valence-corrected chi connectivity index (χ3v) is 3.96. The fourth-order valence-corrected chi connectivity index (χ4v) is 2.76. The van der Waals surface area contributed by atoms with Crippen molar-refractivity contribution in [3.63, 3.8) is 0 Å². The Morgan fingerprint density at radius 1 is 1.28 bits per heavy atom. The van der Waals surface area contributed by atoms with E-state index in [4.69, 9.17) is 5.73 Å². The monoisotopic (exact) mass is 261 g/mol. The van der Waals surface area contributed by atoms with Crippen LogP contribution in [0.5, 0.6) is 0 Å². The van der Waals surface area contributed by atoms with Crippen molar-refractivity contribution in [3.05, 3.63) is 35.1 Å². The molecule has 0 radical (unpaired) electrons. The van der Waals surface area contributed by atoms with E-state index in [-0.39, 0.29) is 22.8 Å². The number of nitrogens with two attached hydrogens (primary N) is 1. The molecule has 2 rings (SSSR count). The van der Waals surface area contributed by atoms with Crippen LogP contribution in [0.2, 0.25) is 0 Å². The molecular formula is C13H15F4N. The molecule has 1 aromatic carbocycles. The lowest BCUT2D eigenvalue weighted by Gasteiger charge is -2.10. The first kappa shape index (κ1) is 13.3. The van der Waals surface area contributed by atoms with Gasteiger partial charge in [0.25, 0.3) is 0 Å². The highest BCUT2D eigenvalue weighted by Crippen LogP contribution is 2.64. The molecule has 0 aliphatic heterocycles. The Kier molecular flexibility index (Phi) is 2.93. The van der Waals surface area contributed by atoms with Gasteiger partial charge in [-0.05, 0) is 47.6 Å². The molecule has 1 aliphatic rings. The van der Waals surface area contributed by atoms with Crippen molar-refractivity contribution in [1.29, 1.82) is 0 Å². The van der Waals surface area contributed by atoms with Gasteiger partial charge in [-0.3, -0.25) is 0 Å². The van der Waals surface area contributed by atoms with Gasteiger partial charge in [-0.2, -0.15) is 13.2 Å². The second kappa shape index (κ2) is 3.95. The molecule has 1 aromatic rings. The summed E-state index contributed by atoms with van der Waals surface area (Å²) in [5, 5.41) is 0. The van der Waals surface area contributed by atoms with Gasteiger partial charge < -0.3 is 5.73 Å². The summed E-state index contributed by atoms with van der Waals surface area (Å²) in [6.45, 7) is 4.15.